The molecule has 0 fully saturated rings. The second-order valence-corrected chi connectivity index (χ2v) is 7.27. The summed E-state index contributed by atoms with van der Waals surface area (Å²) in [6.45, 7) is 1.77. The van der Waals surface area contributed by atoms with Crippen molar-refractivity contribution in [2.75, 3.05) is 6.26 Å². The number of benzene rings is 1. The van der Waals surface area contributed by atoms with Crippen LogP contribution in [0, 0.1) is 0 Å². The van der Waals surface area contributed by atoms with Gasteiger partial charge >= 0.3 is 0 Å². The minimum absolute atomic E-state index is 0.0140. The quantitative estimate of drug-likeness (QED) is 0.479. The van der Waals surface area contributed by atoms with Gasteiger partial charge in [0.1, 0.15) is 10.6 Å². The SMILES string of the molecule is CCc1cc(Oc2ccc(=O)[nH]n2)c(S(C)(=O)=O)cc1C(=O)N=C(N)N. The fraction of sp³-hybridized carbons (Fsp3) is 0.200. The van der Waals surface area contributed by atoms with E-state index >= 15 is 0 Å². The fourth-order valence-electron chi connectivity index (χ4n) is 2.14. The van der Waals surface area contributed by atoms with Crippen LogP contribution in [0.3, 0.4) is 0 Å². The number of nitrogens with one attached hydrogen (secondary N) is 1. The number of amides is 1. The van der Waals surface area contributed by atoms with Gasteiger partial charge in [0, 0.05) is 24.0 Å². The van der Waals surface area contributed by atoms with Crippen LogP contribution in [0.1, 0.15) is 22.8 Å². The zero-order valence-electron chi connectivity index (χ0n) is 14.0. The van der Waals surface area contributed by atoms with Crippen LogP contribution in [-0.2, 0) is 16.3 Å². The van der Waals surface area contributed by atoms with Crippen molar-refractivity contribution in [3.8, 4) is 11.6 Å². The molecule has 0 spiro atoms. The molecule has 138 valence electrons. The molecule has 1 amide bonds. The van der Waals surface area contributed by atoms with Gasteiger partial charge in [-0.2, -0.15) is 4.99 Å². The summed E-state index contributed by atoms with van der Waals surface area (Å²) < 4.78 is 29.8. The Kier molecular flexibility index (Phi) is 5.41. The largest absolute Gasteiger partial charge is 0.436 e. The molecule has 1 heterocycles. The lowest BCUT2D eigenvalue weighted by atomic mass is 10.0. The van der Waals surface area contributed by atoms with Crippen LogP contribution < -0.4 is 21.8 Å². The van der Waals surface area contributed by atoms with Crippen LogP contribution in [0.5, 0.6) is 11.6 Å². The van der Waals surface area contributed by atoms with E-state index in [2.05, 4.69) is 15.2 Å². The molecule has 2 rings (SSSR count). The van der Waals surface area contributed by atoms with Crippen molar-refractivity contribution in [3.05, 3.63) is 45.7 Å². The van der Waals surface area contributed by atoms with Gasteiger partial charge in [-0.1, -0.05) is 6.92 Å². The lowest BCUT2D eigenvalue weighted by Crippen LogP contribution is -2.24. The van der Waals surface area contributed by atoms with Gasteiger partial charge in [-0.3, -0.25) is 9.59 Å². The molecule has 10 nitrogen and oxygen atoms in total. The Balaban J connectivity index is 2.64. The number of aliphatic imine (C=N–C) groups is 1. The molecule has 5 N–H and O–H groups in total. The topological polar surface area (TPSA) is 171 Å². The number of guanidine groups is 1. The second-order valence-electron chi connectivity index (χ2n) is 5.29. The molecule has 0 aliphatic rings. The molecular formula is C15H17N5O5S. The molecule has 0 aliphatic carbocycles. The number of sulfone groups is 1. The average molecular weight is 379 g/mol. The van der Waals surface area contributed by atoms with Crippen molar-refractivity contribution >= 4 is 21.7 Å². The number of hydrogen-bond acceptors (Lipinski definition) is 6. The summed E-state index contributed by atoms with van der Waals surface area (Å²) in [6, 6.07) is 5.03. The van der Waals surface area contributed by atoms with Gasteiger partial charge in [0.2, 0.25) is 5.88 Å². The van der Waals surface area contributed by atoms with Crippen LogP contribution in [0.15, 0.2) is 38.9 Å². The summed E-state index contributed by atoms with van der Waals surface area (Å²) in [5, 5.41) is 5.85. The highest BCUT2D eigenvalue weighted by Gasteiger charge is 2.22. The summed E-state index contributed by atoms with van der Waals surface area (Å²) in [5.41, 5.74) is 10.5. The number of carbonyl (C=O) groups is 1. The number of ether oxygens (including phenoxy) is 1. The Bertz CT molecular complexity index is 1020. The van der Waals surface area contributed by atoms with E-state index in [9.17, 15) is 18.0 Å². The van der Waals surface area contributed by atoms with Gasteiger partial charge in [-0.05, 0) is 24.1 Å². The maximum absolute atomic E-state index is 12.2. The zero-order valence-corrected chi connectivity index (χ0v) is 14.8. The number of aromatic nitrogens is 2. The highest BCUT2D eigenvalue weighted by Crippen LogP contribution is 2.31. The predicted octanol–water partition coefficient (Wildman–Crippen LogP) is -0.0583. The van der Waals surface area contributed by atoms with Gasteiger partial charge in [-0.25, -0.2) is 13.5 Å². The average Bonchev–Trinajstić information content (AvgIpc) is 2.54. The molecular weight excluding hydrogens is 362 g/mol. The Morgan fingerprint density at radius 2 is 2.00 bits per heavy atom. The first-order chi connectivity index (χ1) is 12.1. The van der Waals surface area contributed by atoms with Crippen molar-refractivity contribution in [1.29, 1.82) is 0 Å². The van der Waals surface area contributed by atoms with Gasteiger partial charge in [0.15, 0.2) is 15.8 Å². The first-order valence-electron chi connectivity index (χ1n) is 7.36. The van der Waals surface area contributed by atoms with Crippen LogP contribution in [0.2, 0.25) is 0 Å². The molecule has 2 aromatic rings. The number of aromatic amines is 1. The highest BCUT2D eigenvalue weighted by atomic mass is 32.2. The molecule has 0 unspecified atom stereocenters. The summed E-state index contributed by atoms with van der Waals surface area (Å²) in [7, 11) is -3.76. The molecule has 0 aliphatic heterocycles. The highest BCUT2D eigenvalue weighted by molar-refractivity contribution is 7.90. The minimum atomic E-state index is -3.76. The lowest BCUT2D eigenvalue weighted by molar-refractivity contribution is 0.100. The number of rotatable bonds is 5. The fourth-order valence-corrected chi connectivity index (χ4v) is 2.94. The smallest absolute Gasteiger partial charge is 0.280 e. The van der Waals surface area contributed by atoms with Gasteiger partial charge in [0.05, 0.1) is 0 Å². The Labute approximate surface area is 148 Å². The maximum atomic E-state index is 12.2. The Morgan fingerprint density at radius 3 is 2.50 bits per heavy atom. The molecule has 26 heavy (non-hydrogen) atoms. The van der Waals surface area contributed by atoms with Crippen LogP contribution >= 0.6 is 0 Å². The van der Waals surface area contributed by atoms with Crippen molar-refractivity contribution < 1.29 is 17.9 Å². The number of carbonyl (C=O) groups excluding carboxylic acids is 1. The van der Waals surface area contributed by atoms with Gasteiger partial charge in [0.25, 0.3) is 11.5 Å². The molecule has 0 atom stereocenters. The number of nitrogens with two attached hydrogens (primary N) is 2. The van der Waals surface area contributed by atoms with Gasteiger partial charge < -0.3 is 16.2 Å². The van der Waals surface area contributed by atoms with E-state index in [1.165, 1.54) is 18.2 Å². The molecule has 0 saturated carbocycles. The van der Waals surface area contributed by atoms with E-state index in [1.807, 2.05) is 0 Å². The van der Waals surface area contributed by atoms with Crippen LogP contribution in [0.4, 0.5) is 0 Å². The van der Waals surface area contributed by atoms with Gasteiger partial charge in [-0.15, -0.1) is 5.10 Å². The third-order valence-corrected chi connectivity index (χ3v) is 4.40. The molecule has 0 saturated heterocycles. The van der Waals surface area contributed by atoms with E-state index in [1.54, 1.807) is 6.92 Å². The number of aryl methyl sites for hydroxylation is 1. The van der Waals surface area contributed by atoms with E-state index in [4.69, 9.17) is 16.2 Å². The van der Waals surface area contributed by atoms with Crippen LogP contribution in [0.25, 0.3) is 0 Å². The van der Waals surface area contributed by atoms with E-state index < -0.39 is 27.3 Å². The first kappa shape index (κ1) is 19.1. The molecule has 11 heteroatoms. The summed E-state index contributed by atoms with van der Waals surface area (Å²) in [5.74, 6) is -1.25. The van der Waals surface area contributed by atoms with Crippen LogP contribution in [-0.4, -0.2) is 36.7 Å². The van der Waals surface area contributed by atoms with E-state index in [-0.39, 0.29) is 22.1 Å². The number of H-pyrrole nitrogens is 1. The summed E-state index contributed by atoms with van der Waals surface area (Å²) >= 11 is 0. The summed E-state index contributed by atoms with van der Waals surface area (Å²) in [4.78, 5) is 26.5. The van der Waals surface area contributed by atoms with E-state index in [0.717, 1.165) is 12.3 Å². The van der Waals surface area contributed by atoms with Crippen molar-refractivity contribution in [1.82, 2.24) is 10.2 Å². The Morgan fingerprint density at radius 1 is 1.31 bits per heavy atom. The zero-order chi connectivity index (χ0) is 19.5. The second kappa shape index (κ2) is 7.35. The standard InChI is InChI=1S/C15H17N5O5S/c1-3-8-6-10(25-13-5-4-12(21)19-20-13)11(26(2,23)24)7-9(8)14(22)18-15(16)17/h4-7H,3H2,1-2H3,(H,19,21)(H4,16,17,18,22). The molecule has 1 aromatic heterocycles. The van der Waals surface area contributed by atoms with E-state index in [0.29, 0.717) is 12.0 Å². The molecule has 1 aromatic carbocycles. The normalized spacial score (nSPS) is 11.0. The van der Waals surface area contributed by atoms with Crippen molar-refractivity contribution in [2.45, 2.75) is 18.2 Å². The van der Waals surface area contributed by atoms with Crippen molar-refractivity contribution in [3.63, 3.8) is 0 Å². The van der Waals surface area contributed by atoms with Crippen molar-refractivity contribution in [2.24, 2.45) is 16.5 Å². The lowest BCUT2D eigenvalue weighted by Gasteiger charge is -2.13. The minimum Gasteiger partial charge on any atom is -0.436 e. The summed E-state index contributed by atoms with van der Waals surface area (Å²) in [6.07, 6.45) is 1.36. The number of nitrogens with zero attached hydrogens (tertiary/aromatic N) is 2. The maximum Gasteiger partial charge on any atom is 0.280 e. The molecule has 0 bridgehead atoms. The monoisotopic (exact) mass is 379 g/mol. The first-order valence-corrected chi connectivity index (χ1v) is 9.25. The molecule has 0 radical (unpaired) electrons. The Hall–Kier alpha value is -3.21. The third kappa shape index (κ3) is 4.45. The number of hydrogen-bond donors (Lipinski definition) is 3. The predicted molar refractivity (Wildman–Crippen MR) is 94.0 cm³/mol. The third-order valence-electron chi connectivity index (χ3n) is 3.28.